The van der Waals surface area contributed by atoms with Crippen LogP contribution >= 0.6 is 11.3 Å². The molecule has 0 unspecified atom stereocenters. The molecular weight excluding hydrogens is 776 g/mol. The maximum absolute atomic E-state index is 6.80. The summed E-state index contributed by atoms with van der Waals surface area (Å²) in [5, 5.41) is 9.63. The van der Waals surface area contributed by atoms with Gasteiger partial charge >= 0.3 is 6.85 Å². The van der Waals surface area contributed by atoms with Gasteiger partial charge in [-0.3, -0.25) is 0 Å². The van der Waals surface area contributed by atoms with Gasteiger partial charge in [0.1, 0.15) is 22.3 Å². The fourth-order valence-electron chi connectivity index (χ4n) is 11.0. The molecule has 0 fully saturated rings. The van der Waals surface area contributed by atoms with Gasteiger partial charge in [0.05, 0.1) is 11.0 Å². The van der Waals surface area contributed by atoms with Gasteiger partial charge in [-0.15, -0.1) is 11.3 Å². The van der Waals surface area contributed by atoms with E-state index in [1.807, 2.05) is 11.3 Å². The predicted octanol–water partition coefficient (Wildman–Crippen LogP) is 14.8. The van der Waals surface area contributed by atoms with Crippen molar-refractivity contribution in [1.82, 2.24) is 4.57 Å². The summed E-state index contributed by atoms with van der Waals surface area (Å²) in [6.07, 6.45) is 0. The van der Waals surface area contributed by atoms with Crippen molar-refractivity contribution in [1.29, 1.82) is 0 Å². The molecule has 0 saturated heterocycles. The third-order valence-corrected chi connectivity index (χ3v) is 15.2. The van der Waals surface area contributed by atoms with E-state index in [9.17, 15) is 0 Å². The second-order valence-electron chi connectivity index (χ2n) is 19.7. The number of nitrogens with zero attached hydrogens (tertiary/aromatic N) is 2. The molecule has 0 amide bonds. The summed E-state index contributed by atoms with van der Waals surface area (Å²) in [5.41, 5.74) is 17.4. The van der Waals surface area contributed by atoms with Crippen molar-refractivity contribution >= 4 is 126 Å². The molecule has 0 radical (unpaired) electrons. The van der Waals surface area contributed by atoms with E-state index >= 15 is 0 Å². The van der Waals surface area contributed by atoms with Crippen molar-refractivity contribution in [2.45, 2.75) is 52.4 Å². The molecule has 0 atom stereocenters. The minimum atomic E-state index is -0.110. The molecule has 0 aliphatic carbocycles. The second-order valence-corrected chi connectivity index (χ2v) is 20.8. The number of para-hydroxylation sites is 1. The van der Waals surface area contributed by atoms with Gasteiger partial charge in [-0.1, -0.05) is 108 Å². The van der Waals surface area contributed by atoms with E-state index < -0.39 is 0 Å². The first kappa shape index (κ1) is 34.9. The fraction of sp³-hybridized carbons (Fsp3) is 0.143. The molecule has 0 spiro atoms. The van der Waals surface area contributed by atoms with E-state index in [4.69, 9.17) is 8.83 Å². The zero-order chi connectivity index (χ0) is 41.6. The highest BCUT2D eigenvalue weighted by atomic mass is 32.1. The van der Waals surface area contributed by atoms with Crippen LogP contribution in [0.5, 0.6) is 0 Å². The van der Waals surface area contributed by atoms with Crippen LogP contribution < -0.4 is 15.7 Å². The summed E-state index contributed by atoms with van der Waals surface area (Å²) >= 11 is 1.89. The number of anilines is 2. The molecule has 4 nitrogen and oxygen atoms in total. The lowest BCUT2D eigenvalue weighted by Crippen LogP contribution is -2.60. The van der Waals surface area contributed by atoms with Crippen LogP contribution in [0.1, 0.15) is 52.7 Å². The Morgan fingerprint density at radius 3 is 1.97 bits per heavy atom. The molecule has 2 aliphatic heterocycles. The molecule has 6 heterocycles. The summed E-state index contributed by atoms with van der Waals surface area (Å²) in [5.74, 6) is 0. The number of benzene rings is 8. The van der Waals surface area contributed by atoms with Gasteiger partial charge in [0.15, 0.2) is 0 Å². The van der Waals surface area contributed by atoms with Gasteiger partial charge in [-0.2, -0.15) is 0 Å². The number of aromatic nitrogens is 1. The SMILES string of the molecule is CC(C)(C)c1ccc(N2B3c4cc5sc6ccccc6c5cc4-n4c5cc6c(cc5c5ccc(c3c54)-c3cc4c(cc32)oc2ccc(C(C)(C)C)cc24)oc2ccccc26)cc1. The third-order valence-electron chi connectivity index (χ3n) is 14.1. The second kappa shape index (κ2) is 11.6. The van der Waals surface area contributed by atoms with E-state index in [1.54, 1.807) is 0 Å². The first-order valence-electron chi connectivity index (χ1n) is 21.8. The smallest absolute Gasteiger partial charge is 0.333 e. The van der Waals surface area contributed by atoms with Crippen LogP contribution in [0.15, 0.2) is 148 Å². The first-order chi connectivity index (χ1) is 30.0. The number of fused-ring (bicyclic) bond motifs is 17. The lowest BCUT2D eigenvalue weighted by molar-refractivity contribution is 0.590. The maximum Gasteiger partial charge on any atom is 0.333 e. The van der Waals surface area contributed by atoms with E-state index in [0.717, 1.165) is 55.3 Å². The number of hydrogen-bond acceptors (Lipinski definition) is 4. The van der Waals surface area contributed by atoms with Crippen LogP contribution in [0.25, 0.3) is 103 Å². The van der Waals surface area contributed by atoms with Crippen molar-refractivity contribution in [3.63, 3.8) is 0 Å². The third kappa shape index (κ3) is 4.52. The molecule has 12 aromatic rings. The van der Waals surface area contributed by atoms with Crippen LogP contribution in [-0.2, 0) is 10.8 Å². The van der Waals surface area contributed by atoms with Crippen molar-refractivity contribution in [3.05, 3.63) is 151 Å². The van der Waals surface area contributed by atoms with Crippen LogP contribution in [0, 0.1) is 0 Å². The van der Waals surface area contributed by atoms with Crippen LogP contribution in [0.3, 0.4) is 0 Å². The Kier molecular flexibility index (Phi) is 6.52. The summed E-state index contributed by atoms with van der Waals surface area (Å²) in [4.78, 5) is 2.62. The fourth-order valence-corrected chi connectivity index (χ4v) is 12.1. The summed E-state index contributed by atoms with van der Waals surface area (Å²) in [7, 11) is 0. The normalized spacial score (nSPS) is 13.9. The Hall–Kier alpha value is -6.76. The minimum absolute atomic E-state index is 0.0123. The van der Waals surface area contributed by atoms with Gasteiger partial charge < -0.3 is 18.2 Å². The molecule has 0 N–H and O–H groups in total. The quantitative estimate of drug-likeness (QED) is 0.155. The van der Waals surface area contributed by atoms with Gasteiger partial charge in [0.25, 0.3) is 0 Å². The molecule has 8 aromatic carbocycles. The number of hydrogen-bond donors (Lipinski definition) is 0. The molecule has 62 heavy (non-hydrogen) atoms. The summed E-state index contributed by atoms with van der Waals surface area (Å²) in [6.45, 7) is 13.6. The summed E-state index contributed by atoms with van der Waals surface area (Å²) in [6, 6.07) is 52.6. The van der Waals surface area contributed by atoms with Gasteiger partial charge in [0.2, 0.25) is 0 Å². The van der Waals surface area contributed by atoms with Crippen LogP contribution in [0.2, 0.25) is 0 Å². The lowest BCUT2D eigenvalue weighted by Gasteiger charge is -2.42. The number of furan rings is 2. The molecule has 14 rings (SSSR count). The van der Waals surface area contributed by atoms with Crippen LogP contribution in [-0.4, -0.2) is 11.4 Å². The van der Waals surface area contributed by atoms with Gasteiger partial charge in [0, 0.05) is 81.2 Å². The van der Waals surface area contributed by atoms with E-state index in [0.29, 0.717) is 0 Å². The molecular formula is C56H41BN2O2S. The molecule has 296 valence electrons. The van der Waals surface area contributed by atoms with Gasteiger partial charge in [-0.25, -0.2) is 0 Å². The van der Waals surface area contributed by atoms with Crippen LogP contribution in [0.4, 0.5) is 11.4 Å². The molecule has 2 aliphatic rings. The highest BCUT2D eigenvalue weighted by molar-refractivity contribution is 7.26. The summed E-state index contributed by atoms with van der Waals surface area (Å²) < 4.78 is 18.6. The topological polar surface area (TPSA) is 34.5 Å². The Bertz CT molecular complexity index is 3960. The predicted molar refractivity (Wildman–Crippen MR) is 265 cm³/mol. The molecule has 0 saturated carbocycles. The average molecular weight is 817 g/mol. The Morgan fingerprint density at radius 1 is 0.468 bits per heavy atom. The largest absolute Gasteiger partial charge is 0.456 e. The Morgan fingerprint density at radius 2 is 1.16 bits per heavy atom. The lowest BCUT2D eigenvalue weighted by atomic mass is 9.44. The molecule has 4 aromatic heterocycles. The van der Waals surface area contributed by atoms with Crippen molar-refractivity contribution < 1.29 is 8.83 Å². The zero-order valence-electron chi connectivity index (χ0n) is 35.5. The number of rotatable bonds is 1. The van der Waals surface area contributed by atoms with Gasteiger partial charge in [-0.05, 0) is 105 Å². The van der Waals surface area contributed by atoms with Crippen molar-refractivity contribution in [2.75, 3.05) is 4.81 Å². The zero-order valence-corrected chi connectivity index (χ0v) is 36.3. The van der Waals surface area contributed by atoms with E-state index in [1.165, 1.54) is 80.8 Å². The monoisotopic (exact) mass is 816 g/mol. The molecule has 0 bridgehead atoms. The van der Waals surface area contributed by atoms with Crippen molar-refractivity contribution in [2.24, 2.45) is 0 Å². The minimum Gasteiger partial charge on any atom is -0.456 e. The highest BCUT2D eigenvalue weighted by Gasteiger charge is 2.44. The van der Waals surface area contributed by atoms with E-state index in [2.05, 4.69) is 190 Å². The Balaban J connectivity index is 1.15. The highest BCUT2D eigenvalue weighted by Crippen LogP contribution is 2.49. The average Bonchev–Trinajstić information content (AvgIpc) is 4.01. The van der Waals surface area contributed by atoms with E-state index in [-0.39, 0.29) is 17.7 Å². The first-order valence-corrected chi connectivity index (χ1v) is 22.6. The molecule has 6 heteroatoms. The Labute approximate surface area is 362 Å². The standard InChI is InChI=1S/C56H41BN2O2S/c1-55(2,3)30-15-18-32(19-16-30)59-45-29-50-40(39-23-31(56(4,5)6)17-22-48(39)61-50)24-37(45)35-20-21-36-38-27-49-41(33-11-7-9-13-47(33)60-49)25-44(38)58-46-26-42-34-12-8-10-14-51(34)62-52(42)28-43(46)57(59)53(35)54(36)58/h7-29H,1-6H3. The maximum atomic E-state index is 6.80. The van der Waals surface area contributed by atoms with Crippen molar-refractivity contribution in [3.8, 4) is 16.8 Å². The number of thiophene rings is 1.